The van der Waals surface area contributed by atoms with Crippen LogP contribution in [0.2, 0.25) is 0 Å². The average Bonchev–Trinajstić information content (AvgIpc) is 3.15. The van der Waals surface area contributed by atoms with Gasteiger partial charge in [0.25, 0.3) is 0 Å². The maximum absolute atomic E-state index is 12.3. The highest BCUT2D eigenvalue weighted by molar-refractivity contribution is 7.99. The van der Waals surface area contributed by atoms with Gasteiger partial charge in [0.15, 0.2) is 5.16 Å². The number of anilines is 1. The number of thioether (sulfide) groups is 1. The monoisotopic (exact) mass is 397 g/mol. The molecule has 3 rings (SSSR count). The molecule has 146 valence electrons. The van der Waals surface area contributed by atoms with Crippen LogP contribution in [-0.2, 0) is 11.3 Å². The Labute approximate surface area is 168 Å². The number of hydrogen-bond donors (Lipinski definition) is 1. The van der Waals surface area contributed by atoms with Crippen LogP contribution in [0.1, 0.15) is 12.5 Å². The number of hydrogen-bond acceptors (Lipinski definition) is 5. The number of aromatic nitrogens is 2. The molecule has 28 heavy (non-hydrogen) atoms. The van der Waals surface area contributed by atoms with E-state index < -0.39 is 0 Å². The number of benzene rings is 2. The van der Waals surface area contributed by atoms with Crippen LogP contribution in [-0.4, -0.2) is 34.9 Å². The quantitative estimate of drug-likeness (QED) is 0.552. The number of nitrogens with zero attached hydrogens (tertiary/aromatic N) is 2. The van der Waals surface area contributed by atoms with Gasteiger partial charge in [-0.2, -0.15) is 0 Å². The lowest BCUT2D eigenvalue weighted by atomic mass is 10.2. The van der Waals surface area contributed by atoms with E-state index in [0.717, 1.165) is 27.9 Å². The van der Waals surface area contributed by atoms with Crippen LogP contribution in [0, 0.1) is 0 Å². The number of ether oxygens (including phenoxy) is 2. The first-order chi connectivity index (χ1) is 13.7. The van der Waals surface area contributed by atoms with Gasteiger partial charge < -0.3 is 19.4 Å². The number of nitrogens with one attached hydrogen (secondary N) is 1. The molecule has 1 heterocycles. The molecular formula is C21H23N3O3S. The number of imidazole rings is 1. The predicted molar refractivity (Wildman–Crippen MR) is 111 cm³/mol. The summed E-state index contributed by atoms with van der Waals surface area (Å²) in [5.41, 5.74) is 1.80. The molecule has 0 aliphatic rings. The van der Waals surface area contributed by atoms with E-state index in [2.05, 4.69) is 10.3 Å². The van der Waals surface area contributed by atoms with Gasteiger partial charge in [0.05, 0.1) is 26.0 Å². The van der Waals surface area contributed by atoms with Crippen molar-refractivity contribution in [2.75, 3.05) is 24.8 Å². The molecule has 1 aromatic heterocycles. The highest BCUT2D eigenvalue weighted by Gasteiger charge is 2.10. The van der Waals surface area contributed by atoms with Crippen LogP contribution >= 0.6 is 11.8 Å². The minimum absolute atomic E-state index is 0.0824. The number of amides is 1. The molecule has 0 radical (unpaired) electrons. The molecule has 1 N–H and O–H groups in total. The fourth-order valence-electron chi connectivity index (χ4n) is 2.70. The highest BCUT2D eigenvalue weighted by atomic mass is 32.2. The normalized spacial score (nSPS) is 10.5. The Morgan fingerprint density at radius 3 is 2.71 bits per heavy atom. The molecule has 7 heteroatoms. The Bertz CT molecular complexity index is 909. The molecule has 0 bridgehead atoms. The number of carbonyl (C=O) groups is 1. The topological polar surface area (TPSA) is 65.4 Å². The molecule has 1 amide bonds. The van der Waals surface area contributed by atoms with E-state index in [-0.39, 0.29) is 11.7 Å². The van der Waals surface area contributed by atoms with E-state index in [1.54, 1.807) is 13.3 Å². The Morgan fingerprint density at radius 2 is 1.96 bits per heavy atom. The van der Waals surface area contributed by atoms with Gasteiger partial charge in [-0.15, -0.1) is 0 Å². The van der Waals surface area contributed by atoms with E-state index in [1.165, 1.54) is 11.8 Å². The van der Waals surface area contributed by atoms with Crippen molar-refractivity contribution in [3.8, 4) is 11.5 Å². The van der Waals surface area contributed by atoms with E-state index in [1.807, 2.05) is 66.2 Å². The zero-order chi connectivity index (χ0) is 19.8. The van der Waals surface area contributed by atoms with Gasteiger partial charge in [-0.1, -0.05) is 30.0 Å². The van der Waals surface area contributed by atoms with Gasteiger partial charge in [0.1, 0.15) is 11.5 Å². The molecule has 0 aliphatic carbocycles. The van der Waals surface area contributed by atoms with Crippen LogP contribution in [0.4, 0.5) is 5.69 Å². The van der Waals surface area contributed by atoms with Gasteiger partial charge in [-0.05, 0) is 37.3 Å². The summed E-state index contributed by atoms with van der Waals surface area (Å²) in [6.45, 7) is 3.18. The third-order valence-electron chi connectivity index (χ3n) is 3.99. The van der Waals surface area contributed by atoms with Crippen molar-refractivity contribution in [2.45, 2.75) is 18.6 Å². The second-order valence-electron chi connectivity index (χ2n) is 5.94. The summed E-state index contributed by atoms with van der Waals surface area (Å²) in [6.07, 6.45) is 3.64. The fourth-order valence-corrected chi connectivity index (χ4v) is 3.46. The third-order valence-corrected chi connectivity index (χ3v) is 5.00. The van der Waals surface area contributed by atoms with Crippen LogP contribution in [0.3, 0.4) is 0 Å². The fraction of sp³-hybridized carbons (Fsp3) is 0.238. The van der Waals surface area contributed by atoms with E-state index in [4.69, 9.17) is 9.47 Å². The van der Waals surface area contributed by atoms with Crippen LogP contribution in [0.15, 0.2) is 66.1 Å². The second kappa shape index (κ2) is 9.85. The van der Waals surface area contributed by atoms with Crippen LogP contribution < -0.4 is 14.8 Å². The Hall–Kier alpha value is -2.93. The summed E-state index contributed by atoms with van der Waals surface area (Å²) in [4.78, 5) is 16.6. The van der Waals surface area contributed by atoms with Gasteiger partial charge >= 0.3 is 0 Å². The zero-order valence-electron chi connectivity index (χ0n) is 15.9. The molecule has 2 aromatic carbocycles. The smallest absolute Gasteiger partial charge is 0.234 e. The maximum atomic E-state index is 12.3. The number of para-hydroxylation sites is 1. The summed E-state index contributed by atoms with van der Waals surface area (Å²) in [5.74, 6) is 1.81. The minimum atomic E-state index is -0.0824. The van der Waals surface area contributed by atoms with Crippen molar-refractivity contribution in [3.63, 3.8) is 0 Å². The van der Waals surface area contributed by atoms with Gasteiger partial charge in [0, 0.05) is 23.6 Å². The standard InChI is InChI=1S/C21H23N3O3S/c1-3-27-18-10-8-17(9-11-18)23-20(25)15-28-21-22-12-13-24(21)14-16-6-4-5-7-19(16)26-2/h4-13H,3,14-15H2,1-2H3,(H,23,25). The predicted octanol–water partition coefficient (Wildman–Crippen LogP) is 4.07. The van der Waals surface area contributed by atoms with Gasteiger partial charge in [0.2, 0.25) is 5.91 Å². The summed E-state index contributed by atoms with van der Waals surface area (Å²) in [5, 5.41) is 3.67. The Morgan fingerprint density at radius 1 is 1.18 bits per heavy atom. The van der Waals surface area contributed by atoms with Crippen molar-refractivity contribution < 1.29 is 14.3 Å². The van der Waals surface area contributed by atoms with E-state index in [0.29, 0.717) is 13.2 Å². The molecule has 0 spiro atoms. The number of methoxy groups -OCH3 is 1. The lowest BCUT2D eigenvalue weighted by Gasteiger charge is -2.11. The van der Waals surface area contributed by atoms with Crippen molar-refractivity contribution in [1.82, 2.24) is 9.55 Å². The van der Waals surface area contributed by atoms with Crippen molar-refractivity contribution in [1.29, 1.82) is 0 Å². The van der Waals surface area contributed by atoms with E-state index in [9.17, 15) is 4.79 Å². The van der Waals surface area contributed by atoms with Gasteiger partial charge in [-0.25, -0.2) is 4.98 Å². The maximum Gasteiger partial charge on any atom is 0.234 e. The average molecular weight is 398 g/mol. The Balaban J connectivity index is 1.56. The molecule has 0 unspecified atom stereocenters. The second-order valence-corrected chi connectivity index (χ2v) is 6.89. The highest BCUT2D eigenvalue weighted by Crippen LogP contribution is 2.23. The number of carbonyl (C=O) groups excluding carboxylic acids is 1. The van der Waals surface area contributed by atoms with Crippen molar-refractivity contribution in [3.05, 3.63) is 66.5 Å². The lowest BCUT2D eigenvalue weighted by Crippen LogP contribution is -2.14. The summed E-state index contributed by atoms with van der Waals surface area (Å²) >= 11 is 1.40. The van der Waals surface area contributed by atoms with Crippen molar-refractivity contribution in [2.24, 2.45) is 0 Å². The number of rotatable bonds is 9. The lowest BCUT2D eigenvalue weighted by molar-refractivity contribution is -0.113. The molecule has 6 nitrogen and oxygen atoms in total. The molecular weight excluding hydrogens is 374 g/mol. The molecule has 0 saturated heterocycles. The largest absolute Gasteiger partial charge is 0.496 e. The molecule has 0 saturated carbocycles. The summed E-state index contributed by atoms with van der Waals surface area (Å²) in [7, 11) is 1.66. The van der Waals surface area contributed by atoms with Crippen LogP contribution in [0.25, 0.3) is 0 Å². The first-order valence-electron chi connectivity index (χ1n) is 8.98. The molecule has 0 aliphatic heterocycles. The third kappa shape index (κ3) is 5.29. The molecule has 0 fully saturated rings. The SMILES string of the molecule is CCOc1ccc(NC(=O)CSc2nccn2Cc2ccccc2OC)cc1. The first-order valence-corrected chi connectivity index (χ1v) is 9.96. The molecule has 0 atom stereocenters. The Kier molecular flexibility index (Phi) is 6.97. The van der Waals surface area contributed by atoms with E-state index >= 15 is 0 Å². The summed E-state index contributed by atoms with van der Waals surface area (Å²) < 4.78 is 12.8. The summed E-state index contributed by atoms with van der Waals surface area (Å²) in [6, 6.07) is 15.2. The van der Waals surface area contributed by atoms with Crippen molar-refractivity contribution >= 4 is 23.4 Å². The van der Waals surface area contributed by atoms with Crippen LogP contribution in [0.5, 0.6) is 11.5 Å². The molecule has 3 aromatic rings. The zero-order valence-corrected chi connectivity index (χ0v) is 16.7. The minimum Gasteiger partial charge on any atom is -0.496 e. The van der Waals surface area contributed by atoms with Gasteiger partial charge in [-0.3, -0.25) is 4.79 Å². The first kappa shape index (κ1) is 19.8.